The lowest BCUT2D eigenvalue weighted by Gasteiger charge is -2.41. The van der Waals surface area contributed by atoms with E-state index in [0.29, 0.717) is 5.92 Å². The van der Waals surface area contributed by atoms with Gasteiger partial charge in [0.15, 0.2) is 5.78 Å². The van der Waals surface area contributed by atoms with Crippen LogP contribution in [0.2, 0.25) is 0 Å². The van der Waals surface area contributed by atoms with E-state index in [-0.39, 0.29) is 29.1 Å². The molecule has 0 aromatic rings. The molecular weight excluding hydrogens is 274 g/mol. The second kappa shape index (κ2) is 8.12. The summed E-state index contributed by atoms with van der Waals surface area (Å²) >= 11 is 0. The first-order chi connectivity index (χ1) is 10.3. The molecule has 1 unspecified atom stereocenters. The number of hydrogen-bond donors (Lipinski definition) is 1. The van der Waals surface area contributed by atoms with Crippen LogP contribution in [0.15, 0.2) is 0 Å². The van der Waals surface area contributed by atoms with Crippen molar-refractivity contribution in [3.63, 3.8) is 0 Å². The van der Waals surface area contributed by atoms with Gasteiger partial charge in [0.1, 0.15) is 0 Å². The van der Waals surface area contributed by atoms with E-state index in [9.17, 15) is 9.59 Å². The van der Waals surface area contributed by atoms with Gasteiger partial charge in [-0.05, 0) is 37.0 Å². The van der Waals surface area contributed by atoms with Crippen LogP contribution in [-0.4, -0.2) is 17.7 Å². The minimum Gasteiger partial charge on any atom is -0.346 e. The van der Waals surface area contributed by atoms with Crippen molar-refractivity contribution >= 4 is 11.7 Å². The number of carbonyl (C=O) groups excluding carboxylic acids is 2. The van der Waals surface area contributed by atoms with Crippen LogP contribution >= 0.6 is 0 Å². The molecule has 0 radical (unpaired) electrons. The van der Waals surface area contributed by atoms with Gasteiger partial charge in [-0.1, -0.05) is 60.3 Å². The molecule has 0 aliphatic heterocycles. The van der Waals surface area contributed by atoms with Gasteiger partial charge in [-0.2, -0.15) is 0 Å². The minimum absolute atomic E-state index is 0.0580. The molecule has 2 aliphatic carbocycles. The lowest BCUT2D eigenvalue weighted by Crippen LogP contribution is -2.53. The van der Waals surface area contributed by atoms with Gasteiger partial charge in [0, 0.05) is 5.92 Å². The largest absolute Gasteiger partial charge is 0.346 e. The van der Waals surface area contributed by atoms with Gasteiger partial charge < -0.3 is 5.32 Å². The summed E-state index contributed by atoms with van der Waals surface area (Å²) in [6, 6.07) is -0.361. The summed E-state index contributed by atoms with van der Waals surface area (Å²) in [5.74, 6) is 1.66. The molecule has 22 heavy (non-hydrogen) atoms. The van der Waals surface area contributed by atoms with Gasteiger partial charge in [0.05, 0.1) is 6.04 Å². The van der Waals surface area contributed by atoms with Crippen molar-refractivity contribution in [3.05, 3.63) is 0 Å². The molecule has 2 rings (SSSR count). The van der Waals surface area contributed by atoms with E-state index in [0.717, 1.165) is 12.3 Å². The van der Waals surface area contributed by atoms with E-state index in [4.69, 9.17) is 0 Å². The SMILES string of the molecule is CC.CC(=O)C(NC(=O)[C@@H]1CC[C@H]1C1CCCC1)C(C)(C)C. The predicted octanol–water partition coefficient (Wildman–Crippen LogP) is 4.35. The summed E-state index contributed by atoms with van der Waals surface area (Å²) in [4.78, 5) is 24.3. The fourth-order valence-corrected chi connectivity index (χ4v) is 3.98. The number of nitrogens with one attached hydrogen (secondary N) is 1. The van der Waals surface area contributed by atoms with Crippen molar-refractivity contribution in [1.29, 1.82) is 0 Å². The standard InChI is InChI=1S/C17H29NO2.C2H6/c1-11(19)15(17(2,3)4)18-16(20)14-10-9-13(14)12-7-5-6-8-12;1-2/h12-15H,5-10H2,1-4H3,(H,18,20);1-2H3/t13-,14+,15?;/m0./s1. The van der Waals surface area contributed by atoms with Crippen molar-refractivity contribution < 1.29 is 9.59 Å². The zero-order valence-electron chi connectivity index (χ0n) is 15.4. The van der Waals surface area contributed by atoms with Crippen molar-refractivity contribution in [2.45, 2.75) is 86.1 Å². The van der Waals surface area contributed by atoms with Crippen molar-refractivity contribution in [1.82, 2.24) is 5.32 Å². The van der Waals surface area contributed by atoms with E-state index >= 15 is 0 Å². The smallest absolute Gasteiger partial charge is 0.223 e. The monoisotopic (exact) mass is 309 g/mol. The van der Waals surface area contributed by atoms with E-state index in [2.05, 4.69) is 5.32 Å². The number of hydrogen-bond acceptors (Lipinski definition) is 2. The first-order valence-electron chi connectivity index (χ1n) is 9.11. The normalized spacial score (nSPS) is 26.5. The van der Waals surface area contributed by atoms with Crippen molar-refractivity contribution in [2.75, 3.05) is 0 Å². The molecule has 0 saturated heterocycles. The average molecular weight is 309 g/mol. The second-order valence-corrected chi connectivity index (χ2v) is 7.81. The molecule has 0 aromatic heterocycles. The molecule has 3 heteroatoms. The van der Waals surface area contributed by atoms with E-state index < -0.39 is 0 Å². The van der Waals surface area contributed by atoms with Crippen LogP contribution in [0.4, 0.5) is 0 Å². The summed E-state index contributed by atoms with van der Waals surface area (Å²) in [6.07, 6.45) is 7.44. The Labute approximate surface area is 136 Å². The highest BCUT2D eigenvalue weighted by Crippen LogP contribution is 2.46. The van der Waals surface area contributed by atoms with Crippen LogP contribution < -0.4 is 5.32 Å². The first kappa shape index (κ1) is 19.2. The predicted molar refractivity (Wildman–Crippen MR) is 91.6 cm³/mol. The maximum atomic E-state index is 12.5. The highest BCUT2D eigenvalue weighted by atomic mass is 16.2. The van der Waals surface area contributed by atoms with Gasteiger partial charge in [0.2, 0.25) is 5.91 Å². The average Bonchev–Trinajstić information content (AvgIpc) is 2.89. The van der Waals surface area contributed by atoms with E-state index in [1.165, 1.54) is 32.1 Å². The number of Topliss-reactive ketones (excluding diaryl/α,β-unsaturated/α-hetero) is 1. The molecule has 1 N–H and O–H groups in total. The summed E-state index contributed by atoms with van der Waals surface area (Å²) in [5.41, 5.74) is -0.214. The lowest BCUT2D eigenvalue weighted by atomic mass is 9.66. The maximum Gasteiger partial charge on any atom is 0.223 e. The Morgan fingerprint density at radius 1 is 1.00 bits per heavy atom. The molecule has 3 atom stereocenters. The molecule has 0 bridgehead atoms. The molecule has 2 fully saturated rings. The van der Waals surface area contributed by atoms with Crippen LogP contribution in [0.5, 0.6) is 0 Å². The number of rotatable bonds is 4. The summed E-state index contributed by atoms with van der Waals surface area (Å²) in [5, 5.41) is 3.02. The van der Waals surface area contributed by atoms with Gasteiger partial charge in [-0.15, -0.1) is 0 Å². The van der Waals surface area contributed by atoms with Gasteiger partial charge in [0.25, 0.3) is 0 Å². The van der Waals surface area contributed by atoms with Crippen molar-refractivity contribution in [2.24, 2.45) is 23.2 Å². The summed E-state index contributed by atoms with van der Waals surface area (Å²) in [6.45, 7) is 11.6. The molecule has 3 nitrogen and oxygen atoms in total. The lowest BCUT2D eigenvalue weighted by molar-refractivity contribution is -0.136. The molecule has 128 valence electrons. The number of amides is 1. The van der Waals surface area contributed by atoms with Crippen molar-refractivity contribution in [3.8, 4) is 0 Å². The Kier molecular flexibility index (Phi) is 7.08. The highest BCUT2D eigenvalue weighted by molar-refractivity contribution is 5.89. The second-order valence-electron chi connectivity index (χ2n) is 7.81. The van der Waals surface area contributed by atoms with Gasteiger partial charge in [-0.25, -0.2) is 0 Å². The summed E-state index contributed by atoms with van der Waals surface area (Å²) in [7, 11) is 0. The third-order valence-electron chi connectivity index (χ3n) is 5.23. The molecule has 0 heterocycles. The topological polar surface area (TPSA) is 46.2 Å². The minimum atomic E-state index is -0.361. The fourth-order valence-electron chi connectivity index (χ4n) is 3.98. The Morgan fingerprint density at radius 3 is 1.91 bits per heavy atom. The first-order valence-corrected chi connectivity index (χ1v) is 9.11. The quantitative estimate of drug-likeness (QED) is 0.839. The van der Waals surface area contributed by atoms with Crippen LogP contribution in [0.25, 0.3) is 0 Å². The van der Waals surface area contributed by atoms with Crippen LogP contribution in [0.3, 0.4) is 0 Å². The Morgan fingerprint density at radius 2 is 1.55 bits per heavy atom. The fraction of sp³-hybridized carbons (Fsp3) is 0.895. The molecule has 0 aromatic carbocycles. The van der Waals surface area contributed by atoms with Crippen LogP contribution in [0, 0.1) is 23.2 Å². The molecule has 1 amide bonds. The number of carbonyl (C=O) groups is 2. The maximum absolute atomic E-state index is 12.5. The van der Waals surface area contributed by atoms with Crippen LogP contribution in [-0.2, 0) is 9.59 Å². The van der Waals surface area contributed by atoms with Crippen LogP contribution in [0.1, 0.15) is 80.1 Å². The summed E-state index contributed by atoms with van der Waals surface area (Å²) < 4.78 is 0. The van der Waals surface area contributed by atoms with Gasteiger partial charge in [-0.3, -0.25) is 9.59 Å². The van der Waals surface area contributed by atoms with E-state index in [1.54, 1.807) is 6.92 Å². The molecular formula is C19H35NO2. The Hall–Kier alpha value is -0.860. The Bertz CT molecular complexity index is 377. The number of ketones is 1. The Balaban J connectivity index is 0.00000116. The third kappa shape index (κ3) is 4.57. The van der Waals surface area contributed by atoms with Gasteiger partial charge >= 0.3 is 0 Å². The molecule has 2 aliphatic rings. The molecule has 0 spiro atoms. The van der Waals surface area contributed by atoms with E-state index in [1.807, 2.05) is 34.6 Å². The highest BCUT2D eigenvalue weighted by Gasteiger charge is 2.43. The molecule has 2 saturated carbocycles. The third-order valence-corrected chi connectivity index (χ3v) is 5.23. The zero-order valence-corrected chi connectivity index (χ0v) is 15.4. The zero-order chi connectivity index (χ0) is 16.9.